The van der Waals surface area contributed by atoms with Crippen molar-refractivity contribution in [3.8, 4) is 17.0 Å². The molecule has 2 N–H and O–H groups in total. The molecule has 1 fully saturated rings. The van der Waals surface area contributed by atoms with Crippen LogP contribution in [-0.4, -0.2) is 64.8 Å². The van der Waals surface area contributed by atoms with Gasteiger partial charge in [-0.25, -0.2) is 19.5 Å². The lowest BCUT2D eigenvalue weighted by atomic mass is 9.68. The molecular formula is C27H24F2N6O4. The molecule has 2 aliphatic carbocycles. The number of halogens is 2. The maximum atomic E-state index is 13.3. The topological polar surface area (TPSA) is 126 Å². The summed E-state index contributed by atoms with van der Waals surface area (Å²) in [6.07, 6.45) is 7.15. The molecule has 0 unspecified atom stereocenters. The molecule has 12 heteroatoms. The minimum atomic E-state index is -3.08. The average Bonchev–Trinajstić information content (AvgIpc) is 3.40. The van der Waals surface area contributed by atoms with Crippen LogP contribution < -0.4 is 4.74 Å². The van der Waals surface area contributed by atoms with E-state index in [1.54, 1.807) is 42.0 Å². The number of rotatable bonds is 4. The van der Waals surface area contributed by atoms with Crippen LogP contribution in [0, 0.1) is 0 Å². The van der Waals surface area contributed by atoms with Gasteiger partial charge in [0.2, 0.25) is 5.88 Å². The molecule has 39 heavy (non-hydrogen) atoms. The van der Waals surface area contributed by atoms with E-state index in [1.165, 1.54) is 12.3 Å². The van der Waals surface area contributed by atoms with Crippen molar-refractivity contribution in [1.29, 1.82) is 0 Å². The molecule has 0 spiro atoms. The van der Waals surface area contributed by atoms with Crippen molar-refractivity contribution in [1.82, 2.24) is 29.5 Å². The van der Waals surface area contributed by atoms with Crippen molar-refractivity contribution in [2.75, 3.05) is 7.05 Å². The van der Waals surface area contributed by atoms with E-state index in [-0.39, 0.29) is 42.1 Å². The van der Waals surface area contributed by atoms with Gasteiger partial charge in [-0.3, -0.25) is 4.79 Å². The third-order valence-electron chi connectivity index (χ3n) is 8.09. The molecule has 2 bridgehead atoms. The number of carbonyl (C=O) groups is 1. The predicted molar refractivity (Wildman–Crippen MR) is 132 cm³/mol. The number of hydrogen-bond acceptors (Lipinski definition) is 8. The van der Waals surface area contributed by atoms with Crippen LogP contribution in [0.5, 0.6) is 5.88 Å². The largest absolute Gasteiger partial charge is 0.417 e. The zero-order valence-corrected chi connectivity index (χ0v) is 21.0. The van der Waals surface area contributed by atoms with Crippen LogP contribution in [0.1, 0.15) is 71.1 Å². The average molecular weight is 535 g/mol. The first-order valence-electron chi connectivity index (χ1n) is 12.6. The zero-order chi connectivity index (χ0) is 27.3. The van der Waals surface area contributed by atoms with Crippen LogP contribution in [-0.2, 0) is 5.60 Å². The van der Waals surface area contributed by atoms with Crippen molar-refractivity contribution in [3.63, 3.8) is 0 Å². The molecule has 0 aromatic carbocycles. The number of hydrogen-bond donors (Lipinski definition) is 2. The lowest BCUT2D eigenvalue weighted by Gasteiger charge is -2.46. The Hall–Kier alpha value is -4.03. The summed E-state index contributed by atoms with van der Waals surface area (Å²) < 4.78 is 33.1. The number of carbonyl (C=O) groups excluding carboxylic acids is 1. The van der Waals surface area contributed by atoms with Crippen LogP contribution in [0.25, 0.3) is 16.6 Å². The second-order valence-corrected chi connectivity index (χ2v) is 10.9. The number of fused-ring (bicyclic) bond motifs is 9. The van der Waals surface area contributed by atoms with Gasteiger partial charge in [0.05, 0.1) is 28.4 Å². The second-order valence-electron chi connectivity index (χ2n) is 10.9. The van der Waals surface area contributed by atoms with Gasteiger partial charge in [-0.05, 0) is 37.1 Å². The molecule has 1 saturated carbocycles. The molecule has 200 valence electrons. The molecule has 3 aliphatic rings. The van der Waals surface area contributed by atoms with Crippen LogP contribution in [0.2, 0.25) is 0 Å². The highest BCUT2D eigenvalue weighted by atomic mass is 19.3. The summed E-state index contributed by atoms with van der Waals surface area (Å²) >= 11 is 0. The standard InChI is InChI=1S/C27H24F2N6O4/c1-26(37)11-27(38,12-26)24-31-9-14(10-32-24)13-4-6-35-17(7-13)20-16-8-18(21(20)33-35)34(2)23(36)15-3-5-30-22(19(15)16)39-25(28)29/h3-7,9-10,16,18,25,37-38H,8,11-12H2,1-2H3/t16-,18-,26?,27?/m1/s1. The Balaban J connectivity index is 1.33. The van der Waals surface area contributed by atoms with Gasteiger partial charge in [-0.2, -0.15) is 13.9 Å². The van der Waals surface area contributed by atoms with Crippen molar-refractivity contribution >= 4 is 11.4 Å². The number of nitrogens with zero attached hydrogens (tertiary/aromatic N) is 6. The van der Waals surface area contributed by atoms with Gasteiger partial charge in [-0.15, -0.1) is 0 Å². The maximum absolute atomic E-state index is 13.3. The number of amides is 1. The number of pyridine rings is 2. The first kappa shape index (κ1) is 24.0. The third-order valence-corrected chi connectivity index (χ3v) is 8.09. The molecule has 4 aromatic heterocycles. The van der Waals surface area contributed by atoms with Crippen LogP contribution in [0.15, 0.2) is 43.0 Å². The van der Waals surface area contributed by atoms with Crippen molar-refractivity contribution in [2.45, 2.75) is 56.0 Å². The normalized spacial score (nSPS) is 27.4. The summed E-state index contributed by atoms with van der Waals surface area (Å²) in [4.78, 5) is 27.7. The molecule has 7 rings (SSSR count). The Morgan fingerprint density at radius 1 is 1.10 bits per heavy atom. The van der Waals surface area contributed by atoms with Gasteiger partial charge in [0.25, 0.3) is 5.91 Å². The molecule has 5 heterocycles. The summed E-state index contributed by atoms with van der Waals surface area (Å²) in [5.74, 6) is -0.717. The van der Waals surface area contributed by atoms with E-state index in [4.69, 9.17) is 9.84 Å². The first-order chi connectivity index (χ1) is 18.5. The second kappa shape index (κ2) is 7.99. The van der Waals surface area contributed by atoms with E-state index < -0.39 is 23.7 Å². The quantitative estimate of drug-likeness (QED) is 0.409. The molecule has 2 atom stereocenters. The minimum absolute atomic E-state index is 0.167. The Morgan fingerprint density at radius 3 is 2.54 bits per heavy atom. The number of alkyl halides is 2. The maximum Gasteiger partial charge on any atom is 0.388 e. The molecule has 0 radical (unpaired) electrons. The smallest absolute Gasteiger partial charge is 0.388 e. The number of aromatic nitrogens is 5. The van der Waals surface area contributed by atoms with E-state index in [2.05, 4.69) is 15.0 Å². The van der Waals surface area contributed by atoms with E-state index >= 15 is 0 Å². The Labute approximate surface area is 220 Å². The fourth-order valence-corrected chi connectivity index (χ4v) is 6.49. The lowest BCUT2D eigenvalue weighted by Crippen LogP contribution is -2.53. The van der Waals surface area contributed by atoms with Crippen LogP contribution in [0.3, 0.4) is 0 Å². The molecule has 0 saturated heterocycles. The summed E-state index contributed by atoms with van der Waals surface area (Å²) in [6.45, 7) is -1.42. The molecular weight excluding hydrogens is 510 g/mol. The summed E-state index contributed by atoms with van der Waals surface area (Å²) in [5, 5.41) is 25.5. The highest BCUT2D eigenvalue weighted by Gasteiger charge is 2.53. The molecule has 1 amide bonds. The summed E-state index contributed by atoms with van der Waals surface area (Å²) in [7, 11) is 1.69. The van der Waals surface area contributed by atoms with Gasteiger partial charge in [0, 0.05) is 67.3 Å². The Bertz CT molecular complexity index is 1650. The fourth-order valence-electron chi connectivity index (χ4n) is 6.49. The molecule has 1 aliphatic heterocycles. The van der Waals surface area contributed by atoms with E-state index in [0.29, 0.717) is 23.2 Å². The fraction of sp³-hybridized carbons (Fsp3) is 0.370. The van der Waals surface area contributed by atoms with Gasteiger partial charge in [0.15, 0.2) is 5.82 Å². The predicted octanol–water partition coefficient (Wildman–Crippen LogP) is 3.18. The highest BCUT2D eigenvalue weighted by molar-refractivity contribution is 5.98. The Morgan fingerprint density at radius 2 is 1.85 bits per heavy atom. The van der Waals surface area contributed by atoms with E-state index in [0.717, 1.165) is 16.6 Å². The van der Waals surface area contributed by atoms with Gasteiger partial charge < -0.3 is 19.8 Å². The number of ether oxygens (including phenoxy) is 1. The Kier molecular flexibility index (Phi) is 4.93. The molecule has 10 nitrogen and oxygen atoms in total. The SMILES string of the molecule is CN1C(=O)c2ccnc(OC(F)F)c2[C@H]2C[C@@H]1c1nn3ccc(-c4cnc(C5(O)CC(C)(O)C5)nc4)cc3c12. The van der Waals surface area contributed by atoms with Crippen LogP contribution in [0.4, 0.5) is 8.78 Å². The zero-order valence-electron chi connectivity index (χ0n) is 21.0. The van der Waals surface area contributed by atoms with Gasteiger partial charge in [0.1, 0.15) is 5.60 Å². The summed E-state index contributed by atoms with van der Waals surface area (Å²) in [5.41, 5.74) is 2.24. The highest BCUT2D eigenvalue weighted by Crippen LogP contribution is 2.53. The van der Waals surface area contributed by atoms with Gasteiger partial charge >= 0.3 is 6.61 Å². The lowest BCUT2D eigenvalue weighted by molar-refractivity contribution is -0.180. The van der Waals surface area contributed by atoms with Crippen LogP contribution >= 0.6 is 0 Å². The van der Waals surface area contributed by atoms with E-state index in [9.17, 15) is 23.8 Å². The monoisotopic (exact) mass is 534 g/mol. The van der Waals surface area contributed by atoms with Crippen molar-refractivity contribution in [2.24, 2.45) is 0 Å². The minimum Gasteiger partial charge on any atom is -0.417 e. The first-order valence-corrected chi connectivity index (χ1v) is 12.6. The van der Waals surface area contributed by atoms with Gasteiger partial charge in [-0.1, -0.05) is 0 Å². The number of aliphatic hydroxyl groups is 2. The third kappa shape index (κ3) is 3.54. The molecule has 4 aromatic rings. The summed E-state index contributed by atoms with van der Waals surface area (Å²) in [6, 6.07) is 4.99. The van der Waals surface area contributed by atoms with Crippen molar-refractivity contribution in [3.05, 3.63) is 71.2 Å². The van der Waals surface area contributed by atoms with E-state index in [1.807, 2.05) is 12.1 Å². The van der Waals surface area contributed by atoms with Crippen molar-refractivity contribution < 1.29 is 28.5 Å².